The van der Waals surface area contributed by atoms with Gasteiger partial charge in [-0.15, -0.1) is 0 Å². The van der Waals surface area contributed by atoms with Gasteiger partial charge in [0.2, 0.25) is 0 Å². The second-order valence-corrected chi connectivity index (χ2v) is 4.45. The Labute approximate surface area is 118 Å². The number of aromatic hydroxyl groups is 1. The van der Waals surface area contributed by atoms with E-state index in [4.69, 9.17) is 4.52 Å². The number of phenolic OH excluding ortho intramolecular Hbond substituents is 1. The highest BCUT2D eigenvalue weighted by Gasteiger charge is 2.27. The molecule has 0 spiro atoms. The number of benzene rings is 1. The van der Waals surface area contributed by atoms with E-state index < -0.39 is 12.8 Å². The molecule has 0 aliphatic carbocycles. The zero-order valence-corrected chi connectivity index (χ0v) is 11.1. The molecule has 1 aromatic carbocycles. The van der Waals surface area contributed by atoms with Gasteiger partial charge in [0.05, 0.1) is 12.2 Å². The van der Waals surface area contributed by atoms with Gasteiger partial charge in [0.15, 0.2) is 5.82 Å². The number of rotatable bonds is 5. The van der Waals surface area contributed by atoms with Crippen LogP contribution in [0.3, 0.4) is 0 Å². The summed E-state index contributed by atoms with van der Waals surface area (Å²) in [5.74, 6) is 0.319. The zero-order valence-electron chi connectivity index (χ0n) is 11.1. The van der Waals surface area contributed by atoms with E-state index in [0.717, 1.165) is 5.56 Å². The van der Waals surface area contributed by atoms with Crippen LogP contribution >= 0.6 is 0 Å². The fourth-order valence-electron chi connectivity index (χ4n) is 1.64. The van der Waals surface area contributed by atoms with Crippen LogP contribution in [0.25, 0.3) is 11.5 Å². The predicted molar refractivity (Wildman–Crippen MR) is 66.7 cm³/mol. The number of ether oxygens (including phenoxy) is 1. The lowest BCUT2D eigenvalue weighted by atomic mass is 10.1. The Morgan fingerprint density at radius 2 is 2.10 bits per heavy atom. The lowest BCUT2D eigenvalue weighted by Gasteiger charge is -2.05. The summed E-state index contributed by atoms with van der Waals surface area (Å²) in [7, 11) is 0. The van der Waals surface area contributed by atoms with Gasteiger partial charge in [-0.25, -0.2) is 0 Å². The summed E-state index contributed by atoms with van der Waals surface area (Å²) in [6.07, 6.45) is -4.26. The molecule has 0 saturated heterocycles. The van der Waals surface area contributed by atoms with Gasteiger partial charge in [0.1, 0.15) is 12.4 Å². The van der Waals surface area contributed by atoms with Gasteiger partial charge in [-0.1, -0.05) is 16.8 Å². The van der Waals surface area contributed by atoms with E-state index in [-0.39, 0.29) is 30.5 Å². The number of nitrogens with zero attached hydrogens (tertiary/aromatic N) is 2. The molecule has 114 valence electrons. The largest absolute Gasteiger partial charge is 0.507 e. The Balaban J connectivity index is 1.97. The smallest absolute Gasteiger partial charge is 0.411 e. The highest BCUT2D eigenvalue weighted by atomic mass is 19.4. The first-order chi connectivity index (χ1) is 9.85. The first kappa shape index (κ1) is 15.3. The zero-order chi connectivity index (χ0) is 15.5. The fraction of sp³-hybridized carbons (Fsp3) is 0.385. The van der Waals surface area contributed by atoms with Crippen LogP contribution in [0.15, 0.2) is 22.7 Å². The van der Waals surface area contributed by atoms with E-state index in [1.807, 2.05) is 6.92 Å². The molecule has 0 atom stereocenters. The van der Waals surface area contributed by atoms with Crippen molar-refractivity contribution < 1.29 is 27.5 Å². The number of aromatic nitrogens is 2. The number of halogens is 3. The molecule has 21 heavy (non-hydrogen) atoms. The summed E-state index contributed by atoms with van der Waals surface area (Å²) in [5, 5.41) is 13.4. The Hall–Kier alpha value is -2.09. The number of alkyl halides is 3. The van der Waals surface area contributed by atoms with Crippen molar-refractivity contribution in [2.75, 3.05) is 13.2 Å². The Kier molecular flexibility index (Phi) is 4.46. The maximum Gasteiger partial charge on any atom is 0.411 e. The van der Waals surface area contributed by atoms with Gasteiger partial charge in [-0.2, -0.15) is 18.2 Å². The standard InChI is InChI=1S/C13H13F3N2O3/c1-8-2-3-10(19)9(6-8)12-17-11(18-21-12)4-5-20-7-13(14,15)16/h2-3,6,19H,4-5,7H2,1H3. The second-order valence-electron chi connectivity index (χ2n) is 4.45. The van der Waals surface area contributed by atoms with Crippen molar-refractivity contribution in [1.29, 1.82) is 0 Å². The van der Waals surface area contributed by atoms with Crippen molar-refractivity contribution in [3.05, 3.63) is 29.6 Å². The molecule has 0 unspecified atom stereocenters. The van der Waals surface area contributed by atoms with Crippen molar-refractivity contribution in [3.63, 3.8) is 0 Å². The third kappa shape index (κ3) is 4.45. The monoisotopic (exact) mass is 302 g/mol. The van der Waals surface area contributed by atoms with E-state index in [9.17, 15) is 18.3 Å². The summed E-state index contributed by atoms with van der Waals surface area (Å²) in [6.45, 7) is 0.361. The molecule has 0 aliphatic heterocycles. The molecule has 0 aliphatic rings. The third-order valence-electron chi connectivity index (χ3n) is 2.59. The van der Waals surface area contributed by atoms with Gasteiger partial charge in [-0.05, 0) is 19.1 Å². The Morgan fingerprint density at radius 1 is 1.33 bits per heavy atom. The Morgan fingerprint density at radius 3 is 2.81 bits per heavy atom. The maximum absolute atomic E-state index is 11.9. The average Bonchev–Trinajstić information content (AvgIpc) is 2.85. The quantitative estimate of drug-likeness (QED) is 0.860. The fourth-order valence-corrected chi connectivity index (χ4v) is 1.64. The SMILES string of the molecule is Cc1ccc(O)c(-c2nc(CCOCC(F)(F)F)no2)c1. The minimum Gasteiger partial charge on any atom is -0.507 e. The van der Waals surface area contributed by atoms with Crippen molar-refractivity contribution in [1.82, 2.24) is 10.1 Å². The number of hydrogen-bond acceptors (Lipinski definition) is 5. The van der Waals surface area contributed by atoms with Gasteiger partial charge in [0.25, 0.3) is 5.89 Å². The van der Waals surface area contributed by atoms with Crippen LogP contribution in [0, 0.1) is 6.92 Å². The molecule has 2 rings (SSSR count). The average molecular weight is 302 g/mol. The van der Waals surface area contributed by atoms with E-state index in [1.54, 1.807) is 12.1 Å². The van der Waals surface area contributed by atoms with Crippen LogP contribution in [-0.2, 0) is 11.2 Å². The van der Waals surface area contributed by atoms with Crippen molar-refractivity contribution >= 4 is 0 Å². The van der Waals surface area contributed by atoms with E-state index >= 15 is 0 Å². The summed E-state index contributed by atoms with van der Waals surface area (Å²) in [5.41, 5.74) is 1.28. The van der Waals surface area contributed by atoms with Crippen molar-refractivity contribution in [2.45, 2.75) is 19.5 Å². The summed E-state index contributed by atoms with van der Waals surface area (Å²) >= 11 is 0. The van der Waals surface area contributed by atoms with Crippen LogP contribution < -0.4 is 0 Å². The molecule has 1 N–H and O–H groups in total. The molecule has 0 radical (unpaired) electrons. The summed E-state index contributed by atoms with van der Waals surface area (Å²) < 4.78 is 45.1. The molecule has 1 aromatic heterocycles. The minimum atomic E-state index is -4.35. The normalized spacial score (nSPS) is 11.8. The molecule has 0 saturated carbocycles. The number of aryl methyl sites for hydroxylation is 1. The van der Waals surface area contributed by atoms with E-state index in [0.29, 0.717) is 5.56 Å². The number of hydrogen-bond donors (Lipinski definition) is 1. The molecule has 0 amide bonds. The molecule has 2 aromatic rings. The van der Waals surface area contributed by atoms with Crippen LogP contribution in [-0.4, -0.2) is 34.6 Å². The van der Waals surface area contributed by atoms with Crippen LogP contribution in [0.1, 0.15) is 11.4 Å². The van der Waals surface area contributed by atoms with Crippen molar-refractivity contribution in [2.24, 2.45) is 0 Å². The highest BCUT2D eigenvalue weighted by molar-refractivity contribution is 5.62. The predicted octanol–water partition coefficient (Wildman–Crippen LogP) is 2.87. The van der Waals surface area contributed by atoms with Crippen LogP contribution in [0.5, 0.6) is 5.75 Å². The number of phenols is 1. The van der Waals surface area contributed by atoms with Crippen LogP contribution in [0.4, 0.5) is 13.2 Å². The summed E-state index contributed by atoms with van der Waals surface area (Å²) in [6, 6.07) is 4.90. The first-order valence-corrected chi connectivity index (χ1v) is 6.12. The van der Waals surface area contributed by atoms with Gasteiger partial charge < -0.3 is 14.4 Å². The topological polar surface area (TPSA) is 68.4 Å². The first-order valence-electron chi connectivity index (χ1n) is 6.12. The molecular formula is C13H13F3N2O3. The molecule has 0 bridgehead atoms. The maximum atomic E-state index is 11.9. The van der Waals surface area contributed by atoms with Gasteiger partial charge >= 0.3 is 6.18 Å². The molecule has 5 nitrogen and oxygen atoms in total. The molecule has 0 fully saturated rings. The minimum absolute atomic E-state index is 0.0101. The lowest BCUT2D eigenvalue weighted by molar-refractivity contribution is -0.173. The lowest BCUT2D eigenvalue weighted by Crippen LogP contribution is -2.18. The van der Waals surface area contributed by atoms with Gasteiger partial charge in [0, 0.05) is 6.42 Å². The molecule has 8 heteroatoms. The van der Waals surface area contributed by atoms with Crippen molar-refractivity contribution in [3.8, 4) is 17.2 Å². The molecular weight excluding hydrogens is 289 g/mol. The molecule has 1 heterocycles. The van der Waals surface area contributed by atoms with Gasteiger partial charge in [-0.3, -0.25) is 0 Å². The van der Waals surface area contributed by atoms with Crippen LogP contribution in [0.2, 0.25) is 0 Å². The second kappa shape index (κ2) is 6.13. The third-order valence-corrected chi connectivity index (χ3v) is 2.59. The summed E-state index contributed by atoms with van der Waals surface area (Å²) in [4.78, 5) is 4.02. The van der Waals surface area contributed by atoms with E-state index in [1.165, 1.54) is 6.07 Å². The van der Waals surface area contributed by atoms with E-state index in [2.05, 4.69) is 14.9 Å². The Bertz CT molecular complexity index is 611. The highest BCUT2D eigenvalue weighted by Crippen LogP contribution is 2.28.